The Labute approximate surface area is 128 Å². The van der Waals surface area contributed by atoms with E-state index in [1.165, 1.54) is 5.56 Å². The first-order chi connectivity index (χ1) is 9.31. The largest absolute Gasteiger partial charge is 0.496 e. The fourth-order valence-electron chi connectivity index (χ4n) is 2.43. The second kappa shape index (κ2) is 5.13. The quantitative estimate of drug-likeness (QED) is 0.909. The zero-order valence-electron chi connectivity index (χ0n) is 12.8. The molecule has 0 fully saturated rings. The lowest BCUT2D eigenvalue weighted by molar-refractivity contribution is 0.412. The van der Waals surface area contributed by atoms with Crippen LogP contribution >= 0.6 is 15.9 Å². The van der Waals surface area contributed by atoms with Crippen molar-refractivity contribution < 1.29 is 4.74 Å². The fraction of sp³-hybridized carbons (Fsp3) is 0.400. The van der Waals surface area contributed by atoms with Crippen LogP contribution in [0.3, 0.4) is 0 Å². The highest BCUT2D eigenvalue weighted by Gasteiger charge is 2.23. The molecule has 108 valence electrons. The predicted molar refractivity (Wildman–Crippen MR) is 86.3 cm³/mol. The number of rotatable bonds is 2. The summed E-state index contributed by atoms with van der Waals surface area (Å²) in [5, 5.41) is 4.55. The molecule has 5 heteroatoms. The highest BCUT2D eigenvalue weighted by molar-refractivity contribution is 9.10. The van der Waals surface area contributed by atoms with Crippen molar-refractivity contribution in [3.63, 3.8) is 0 Å². The molecule has 0 radical (unpaired) electrons. The van der Waals surface area contributed by atoms with Gasteiger partial charge in [-0.2, -0.15) is 5.10 Å². The van der Waals surface area contributed by atoms with Gasteiger partial charge >= 0.3 is 0 Å². The summed E-state index contributed by atoms with van der Waals surface area (Å²) in [4.78, 5) is 0. The third kappa shape index (κ3) is 2.00. The third-order valence-corrected chi connectivity index (χ3v) is 5.17. The normalized spacial score (nSPS) is 10.9. The molecule has 0 aliphatic carbocycles. The molecule has 0 unspecified atom stereocenters. The van der Waals surface area contributed by atoms with Crippen molar-refractivity contribution in [2.45, 2.75) is 27.7 Å². The molecule has 0 amide bonds. The van der Waals surface area contributed by atoms with Gasteiger partial charge in [0.2, 0.25) is 0 Å². The predicted octanol–water partition coefficient (Wildman–Crippen LogP) is 3.67. The summed E-state index contributed by atoms with van der Waals surface area (Å²) in [6.07, 6.45) is 0. The molecule has 0 saturated heterocycles. The maximum atomic E-state index is 6.21. The number of nitrogen functional groups attached to an aromatic ring is 1. The molecule has 0 aliphatic rings. The SMILES string of the molecule is COc1c(C)c(C)c(Br)c(C)c1-c1nn(C)c(C)c1N. The summed E-state index contributed by atoms with van der Waals surface area (Å²) in [5.41, 5.74) is 13.0. The number of benzene rings is 1. The van der Waals surface area contributed by atoms with Crippen molar-refractivity contribution in [3.8, 4) is 17.0 Å². The Morgan fingerprint density at radius 3 is 2.15 bits per heavy atom. The third-order valence-electron chi connectivity index (χ3n) is 3.98. The zero-order valence-corrected chi connectivity index (χ0v) is 14.3. The summed E-state index contributed by atoms with van der Waals surface area (Å²) in [5.74, 6) is 0.841. The molecule has 0 atom stereocenters. The van der Waals surface area contributed by atoms with Crippen LogP contribution in [0.25, 0.3) is 11.3 Å². The molecule has 0 aliphatic heterocycles. The number of hydrogen-bond acceptors (Lipinski definition) is 3. The van der Waals surface area contributed by atoms with E-state index in [1.807, 2.05) is 20.9 Å². The summed E-state index contributed by atoms with van der Waals surface area (Å²) < 4.78 is 8.50. The molecular formula is C15H20BrN3O. The highest BCUT2D eigenvalue weighted by Crippen LogP contribution is 2.43. The van der Waals surface area contributed by atoms with Crippen molar-refractivity contribution in [3.05, 3.63) is 26.9 Å². The van der Waals surface area contributed by atoms with E-state index in [1.54, 1.807) is 11.8 Å². The lowest BCUT2D eigenvalue weighted by atomic mass is 9.96. The van der Waals surface area contributed by atoms with Gasteiger partial charge in [-0.05, 0) is 44.4 Å². The summed E-state index contributed by atoms with van der Waals surface area (Å²) in [6.45, 7) is 8.14. The smallest absolute Gasteiger partial charge is 0.131 e. The Kier molecular flexibility index (Phi) is 3.82. The van der Waals surface area contributed by atoms with Gasteiger partial charge in [-0.15, -0.1) is 0 Å². The minimum atomic E-state index is 0.698. The van der Waals surface area contributed by atoms with E-state index in [2.05, 4.69) is 34.9 Å². The Bertz CT molecular complexity index is 689. The molecule has 1 aromatic heterocycles. The number of nitrogens with two attached hydrogens (primary N) is 1. The number of ether oxygens (including phenoxy) is 1. The first-order valence-electron chi connectivity index (χ1n) is 6.43. The maximum Gasteiger partial charge on any atom is 0.131 e. The monoisotopic (exact) mass is 337 g/mol. The standard InChI is InChI=1S/C15H20BrN3O/c1-7-8(2)15(20-6)11(9(3)12(7)16)14-13(17)10(4)19(5)18-14/h17H2,1-6H3. The van der Waals surface area contributed by atoms with E-state index < -0.39 is 0 Å². The van der Waals surface area contributed by atoms with E-state index in [0.717, 1.165) is 38.3 Å². The average Bonchev–Trinajstić information content (AvgIpc) is 2.67. The van der Waals surface area contributed by atoms with Crippen LogP contribution in [0.15, 0.2) is 4.47 Å². The van der Waals surface area contributed by atoms with E-state index in [9.17, 15) is 0 Å². The minimum absolute atomic E-state index is 0.698. The molecule has 0 bridgehead atoms. The van der Waals surface area contributed by atoms with Crippen molar-refractivity contribution in [1.29, 1.82) is 0 Å². The number of halogens is 1. The van der Waals surface area contributed by atoms with Crippen LogP contribution in [0.1, 0.15) is 22.4 Å². The maximum absolute atomic E-state index is 6.21. The van der Waals surface area contributed by atoms with Gasteiger partial charge in [0, 0.05) is 11.5 Å². The summed E-state index contributed by atoms with van der Waals surface area (Å²) >= 11 is 3.66. The number of aryl methyl sites for hydroxylation is 1. The summed E-state index contributed by atoms with van der Waals surface area (Å²) in [6, 6.07) is 0. The van der Waals surface area contributed by atoms with E-state index in [-0.39, 0.29) is 0 Å². The van der Waals surface area contributed by atoms with E-state index in [4.69, 9.17) is 10.5 Å². The lowest BCUT2D eigenvalue weighted by Gasteiger charge is -2.18. The molecule has 0 spiro atoms. The van der Waals surface area contributed by atoms with Crippen molar-refractivity contribution >= 4 is 21.6 Å². The Balaban J connectivity index is 2.89. The molecule has 2 aromatic rings. The van der Waals surface area contributed by atoms with E-state index >= 15 is 0 Å². The van der Waals surface area contributed by atoms with Crippen molar-refractivity contribution in [1.82, 2.24) is 9.78 Å². The van der Waals surface area contributed by atoms with Crippen molar-refractivity contribution in [2.24, 2.45) is 7.05 Å². The first kappa shape index (κ1) is 14.9. The van der Waals surface area contributed by atoms with Crippen LogP contribution < -0.4 is 10.5 Å². The molecule has 4 nitrogen and oxygen atoms in total. The molecular weight excluding hydrogens is 318 g/mol. The van der Waals surface area contributed by atoms with Crippen LogP contribution in [-0.2, 0) is 7.05 Å². The number of methoxy groups -OCH3 is 1. The topological polar surface area (TPSA) is 53.1 Å². The Morgan fingerprint density at radius 2 is 1.70 bits per heavy atom. The van der Waals surface area contributed by atoms with Gasteiger partial charge in [0.15, 0.2) is 0 Å². The molecule has 2 N–H and O–H groups in total. The average molecular weight is 338 g/mol. The van der Waals surface area contributed by atoms with Gasteiger partial charge < -0.3 is 10.5 Å². The lowest BCUT2D eigenvalue weighted by Crippen LogP contribution is -2.01. The van der Waals surface area contributed by atoms with Gasteiger partial charge in [0.1, 0.15) is 11.4 Å². The second-order valence-corrected chi connectivity index (χ2v) is 5.86. The van der Waals surface area contributed by atoms with Crippen LogP contribution in [-0.4, -0.2) is 16.9 Å². The fourth-order valence-corrected chi connectivity index (χ4v) is 2.93. The first-order valence-corrected chi connectivity index (χ1v) is 7.23. The van der Waals surface area contributed by atoms with E-state index in [0.29, 0.717) is 5.69 Å². The second-order valence-electron chi connectivity index (χ2n) is 5.07. The molecule has 1 aromatic carbocycles. The Hall–Kier alpha value is -1.49. The zero-order chi connectivity index (χ0) is 15.2. The summed E-state index contributed by atoms with van der Waals surface area (Å²) in [7, 11) is 3.58. The van der Waals surface area contributed by atoms with Crippen molar-refractivity contribution in [2.75, 3.05) is 12.8 Å². The van der Waals surface area contributed by atoms with Gasteiger partial charge in [-0.1, -0.05) is 15.9 Å². The molecule has 20 heavy (non-hydrogen) atoms. The van der Waals surface area contributed by atoms with Gasteiger partial charge in [-0.3, -0.25) is 4.68 Å². The highest BCUT2D eigenvalue weighted by atomic mass is 79.9. The minimum Gasteiger partial charge on any atom is -0.496 e. The molecule has 2 rings (SSSR count). The van der Waals surface area contributed by atoms with Gasteiger partial charge in [0.25, 0.3) is 0 Å². The number of nitrogens with zero attached hydrogens (tertiary/aromatic N) is 2. The number of aromatic nitrogens is 2. The van der Waals surface area contributed by atoms with Crippen LogP contribution in [0, 0.1) is 27.7 Å². The number of hydrogen-bond donors (Lipinski definition) is 1. The van der Waals surface area contributed by atoms with Crippen LogP contribution in [0.5, 0.6) is 5.75 Å². The van der Waals surface area contributed by atoms with Crippen LogP contribution in [0.4, 0.5) is 5.69 Å². The van der Waals surface area contributed by atoms with Gasteiger partial charge in [0.05, 0.1) is 24.1 Å². The van der Waals surface area contributed by atoms with Gasteiger partial charge in [-0.25, -0.2) is 0 Å². The number of anilines is 1. The molecule has 1 heterocycles. The van der Waals surface area contributed by atoms with Crippen LogP contribution in [0.2, 0.25) is 0 Å². The molecule has 0 saturated carbocycles. The Morgan fingerprint density at radius 1 is 1.10 bits per heavy atom.